The van der Waals surface area contributed by atoms with Crippen molar-refractivity contribution in [3.8, 4) is 5.75 Å². The Balaban J connectivity index is 2.61. The van der Waals surface area contributed by atoms with Crippen LogP contribution in [0.5, 0.6) is 5.75 Å². The Morgan fingerprint density at radius 1 is 0.925 bits per heavy atom. The van der Waals surface area contributed by atoms with Gasteiger partial charge in [-0.2, -0.15) is 0 Å². The van der Waals surface area contributed by atoms with Crippen LogP contribution in [0.2, 0.25) is 0 Å². The highest BCUT2D eigenvalue weighted by Gasteiger charge is 2.43. The minimum atomic E-state index is -0.958. The molecule has 2 unspecified atom stereocenters. The van der Waals surface area contributed by atoms with Crippen LogP contribution < -0.4 is 15.4 Å². The maximum atomic E-state index is 14.5. The predicted molar refractivity (Wildman–Crippen MR) is 159 cm³/mol. The summed E-state index contributed by atoms with van der Waals surface area (Å²) < 4.78 is 10.7. The molecule has 2 rings (SSSR count). The number of amides is 3. The number of benzene rings is 2. The van der Waals surface area contributed by atoms with Crippen molar-refractivity contribution in [2.45, 2.75) is 98.4 Å². The molecule has 8 heteroatoms. The maximum absolute atomic E-state index is 14.5. The van der Waals surface area contributed by atoms with Gasteiger partial charge in [-0.05, 0) is 90.1 Å². The van der Waals surface area contributed by atoms with Gasteiger partial charge in [-0.25, -0.2) is 4.79 Å². The molecule has 0 fully saturated rings. The monoisotopic (exact) mass is 553 g/mol. The van der Waals surface area contributed by atoms with Gasteiger partial charge in [-0.15, -0.1) is 0 Å². The summed E-state index contributed by atoms with van der Waals surface area (Å²) in [6, 6.07) is 12.8. The third-order valence-corrected chi connectivity index (χ3v) is 6.71. The number of hydrogen-bond donors (Lipinski definition) is 2. The van der Waals surface area contributed by atoms with Gasteiger partial charge in [0.25, 0.3) is 5.91 Å². The predicted octanol–water partition coefficient (Wildman–Crippen LogP) is 6.64. The van der Waals surface area contributed by atoms with Gasteiger partial charge >= 0.3 is 6.09 Å². The number of hydrogen-bond acceptors (Lipinski definition) is 5. The van der Waals surface area contributed by atoms with Crippen LogP contribution in [0.15, 0.2) is 48.5 Å². The number of carbonyl (C=O) groups is 3. The van der Waals surface area contributed by atoms with Crippen molar-refractivity contribution in [2.75, 3.05) is 12.4 Å². The highest BCUT2D eigenvalue weighted by atomic mass is 16.6. The topological polar surface area (TPSA) is 97.0 Å². The van der Waals surface area contributed by atoms with Crippen LogP contribution in [-0.4, -0.2) is 47.1 Å². The number of alkyl carbamates (subject to hydrolysis) is 1. The molecule has 8 nitrogen and oxygen atoms in total. The normalized spacial score (nSPS) is 13.3. The van der Waals surface area contributed by atoms with Gasteiger partial charge in [0.15, 0.2) is 0 Å². The molecule has 40 heavy (non-hydrogen) atoms. The lowest BCUT2D eigenvalue weighted by atomic mass is 9.90. The van der Waals surface area contributed by atoms with E-state index in [4.69, 9.17) is 9.47 Å². The molecule has 2 N–H and O–H groups in total. The summed E-state index contributed by atoms with van der Waals surface area (Å²) in [4.78, 5) is 43.0. The van der Waals surface area contributed by atoms with E-state index >= 15 is 0 Å². The summed E-state index contributed by atoms with van der Waals surface area (Å²) >= 11 is 0. The smallest absolute Gasteiger partial charge is 0.408 e. The molecule has 0 aliphatic heterocycles. The molecule has 0 saturated carbocycles. The number of carbonyl (C=O) groups excluding carboxylic acids is 3. The minimum absolute atomic E-state index is 0.0985. The van der Waals surface area contributed by atoms with Crippen molar-refractivity contribution in [3.05, 3.63) is 59.7 Å². The molecular formula is C32H47N3O5. The first-order chi connectivity index (χ1) is 18.6. The second-order valence-electron chi connectivity index (χ2n) is 12.2. The highest BCUT2D eigenvalue weighted by Crippen LogP contribution is 2.34. The average molecular weight is 554 g/mol. The molecule has 0 spiro atoms. The van der Waals surface area contributed by atoms with Crippen molar-refractivity contribution in [2.24, 2.45) is 5.92 Å². The van der Waals surface area contributed by atoms with E-state index < -0.39 is 29.3 Å². The average Bonchev–Trinajstić information content (AvgIpc) is 2.86. The number of anilines is 1. The van der Waals surface area contributed by atoms with E-state index in [0.717, 1.165) is 5.56 Å². The first kappa shape index (κ1) is 32.7. The molecule has 3 amide bonds. The molecule has 0 aromatic heterocycles. The maximum Gasteiger partial charge on any atom is 0.408 e. The fraction of sp³-hybridized carbons (Fsp3) is 0.531. The van der Waals surface area contributed by atoms with Crippen molar-refractivity contribution in [1.29, 1.82) is 0 Å². The molecule has 2 aromatic carbocycles. The van der Waals surface area contributed by atoms with E-state index in [1.54, 1.807) is 57.0 Å². The molecule has 0 saturated heterocycles. The zero-order valence-corrected chi connectivity index (χ0v) is 25.8. The summed E-state index contributed by atoms with van der Waals surface area (Å²) in [5, 5.41) is 5.79. The lowest BCUT2D eigenvalue weighted by molar-refractivity contribution is -0.148. The zero-order valence-electron chi connectivity index (χ0n) is 25.8. The number of nitrogens with zero attached hydrogens (tertiary/aromatic N) is 1. The van der Waals surface area contributed by atoms with Gasteiger partial charge in [0.1, 0.15) is 23.4 Å². The van der Waals surface area contributed by atoms with Crippen molar-refractivity contribution < 1.29 is 23.9 Å². The largest absolute Gasteiger partial charge is 0.497 e. The Labute approximate surface area is 239 Å². The number of rotatable bonds is 11. The molecule has 0 aliphatic rings. The summed E-state index contributed by atoms with van der Waals surface area (Å²) in [5.41, 5.74) is 0.840. The first-order valence-corrected chi connectivity index (χ1v) is 13.9. The summed E-state index contributed by atoms with van der Waals surface area (Å²) in [6.45, 7) is 17.1. The van der Waals surface area contributed by atoms with Gasteiger partial charge in [-0.3, -0.25) is 9.59 Å². The van der Waals surface area contributed by atoms with Crippen LogP contribution in [-0.2, 0) is 14.3 Å². The molecular weight excluding hydrogens is 506 g/mol. The van der Waals surface area contributed by atoms with Crippen LogP contribution in [0.25, 0.3) is 0 Å². The second-order valence-corrected chi connectivity index (χ2v) is 12.2. The summed E-state index contributed by atoms with van der Waals surface area (Å²) in [7, 11) is 1.58. The van der Waals surface area contributed by atoms with Gasteiger partial charge in [-0.1, -0.05) is 50.6 Å². The summed E-state index contributed by atoms with van der Waals surface area (Å²) in [5.74, 6) is 0.0644. The SMILES string of the molecule is CCC(C)(C)N(C(=O)C(CC(C)C)NC(=O)OC(C)(C)C)C(C(=O)Nc1ccc(OC)cc1)c1ccc(C)cc1. The molecule has 0 heterocycles. The second kappa shape index (κ2) is 13.7. The number of ether oxygens (including phenoxy) is 2. The number of aryl methyl sites for hydroxylation is 1. The molecule has 0 bridgehead atoms. The number of nitrogens with one attached hydrogen (secondary N) is 2. The summed E-state index contributed by atoms with van der Waals surface area (Å²) in [6.07, 6.45) is 0.294. The lowest BCUT2D eigenvalue weighted by Gasteiger charge is -2.44. The van der Waals surface area contributed by atoms with Gasteiger partial charge in [0.2, 0.25) is 5.91 Å². The Morgan fingerprint density at radius 2 is 1.50 bits per heavy atom. The Bertz CT molecular complexity index is 1130. The Morgan fingerprint density at radius 3 is 1.98 bits per heavy atom. The van der Waals surface area contributed by atoms with Crippen molar-refractivity contribution in [1.82, 2.24) is 10.2 Å². The minimum Gasteiger partial charge on any atom is -0.497 e. The molecule has 2 aromatic rings. The molecule has 0 radical (unpaired) electrons. The van der Waals surface area contributed by atoms with E-state index in [-0.39, 0.29) is 17.7 Å². The van der Waals surface area contributed by atoms with Crippen molar-refractivity contribution >= 4 is 23.6 Å². The van der Waals surface area contributed by atoms with Crippen molar-refractivity contribution in [3.63, 3.8) is 0 Å². The number of methoxy groups -OCH3 is 1. The van der Waals surface area contributed by atoms with Gasteiger partial charge in [0.05, 0.1) is 7.11 Å². The van der Waals surface area contributed by atoms with Crippen LogP contribution in [0.1, 0.15) is 85.4 Å². The third kappa shape index (κ3) is 9.28. The zero-order chi connectivity index (χ0) is 30.3. The fourth-order valence-electron chi connectivity index (χ4n) is 4.31. The highest BCUT2D eigenvalue weighted by molar-refractivity contribution is 5.99. The van der Waals surface area contributed by atoms with Crippen LogP contribution in [0.4, 0.5) is 10.5 Å². The van der Waals surface area contributed by atoms with Gasteiger partial charge < -0.3 is 25.0 Å². The first-order valence-electron chi connectivity index (χ1n) is 13.9. The van der Waals surface area contributed by atoms with Gasteiger partial charge in [0, 0.05) is 11.2 Å². The molecule has 0 aliphatic carbocycles. The standard InChI is InChI=1S/C32H47N3O5/c1-11-32(8,9)35(29(37)26(20-21(2)3)34-30(38)40-31(5,6)7)27(23-14-12-22(4)13-15-23)28(36)33-24-16-18-25(39-10)19-17-24/h12-19,21,26-27H,11,20H2,1-10H3,(H,33,36)(H,34,38). The quantitative estimate of drug-likeness (QED) is 0.325. The fourth-order valence-corrected chi connectivity index (χ4v) is 4.31. The lowest BCUT2D eigenvalue weighted by Crippen LogP contribution is -2.59. The Hall–Kier alpha value is -3.55. The van der Waals surface area contributed by atoms with E-state index in [1.807, 2.05) is 65.8 Å². The van der Waals surface area contributed by atoms with E-state index in [1.165, 1.54) is 0 Å². The van der Waals surface area contributed by atoms with E-state index in [9.17, 15) is 14.4 Å². The van der Waals surface area contributed by atoms with Crippen LogP contribution >= 0.6 is 0 Å². The van der Waals surface area contributed by atoms with Crippen LogP contribution in [0, 0.1) is 12.8 Å². The van der Waals surface area contributed by atoms with E-state index in [2.05, 4.69) is 10.6 Å². The molecule has 2 atom stereocenters. The van der Waals surface area contributed by atoms with E-state index in [0.29, 0.717) is 29.8 Å². The third-order valence-electron chi connectivity index (χ3n) is 6.71. The Kier molecular flexibility index (Phi) is 11.2. The van der Waals surface area contributed by atoms with Crippen LogP contribution in [0.3, 0.4) is 0 Å². The molecule has 220 valence electrons.